The number of anilines is 1. The summed E-state index contributed by atoms with van der Waals surface area (Å²) >= 11 is 2.04. The van der Waals surface area contributed by atoms with Crippen LogP contribution in [0, 0.1) is 0 Å². The van der Waals surface area contributed by atoms with Crippen molar-refractivity contribution in [1.82, 2.24) is 4.98 Å². The van der Waals surface area contributed by atoms with Crippen LogP contribution in [-0.2, 0) is 0 Å². The zero-order valence-corrected chi connectivity index (χ0v) is 10.7. The minimum Gasteiger partial charge on any atom is -0.368 e. The molecule has 0 radical (unpaired) electrons. The zero-order chi connectivity index (χ0) is 11.5. The van der Waals surface area contributed by atoms with Crippen molar-refractivity contribution >= 4 is 17.4 Å². The Morgan fingerprint density at radius 2 is 2.38 bits per heavy atom. The Labute approximate surface area is 101 Å². The minimum absolute atomic E-state index is 0.0184. The summed E-state index contributed by atoms with van der Waals surface area (Å²) in [5.41, 5.74) is 7.97. The summed E-state index contributed by atoms with van der Waals surface area (Å²) in [6.45, 7) is 6.47. The Bertz CT molecular complexity index is 337. The number of hydrogen-bond acceptors (Lipinski definition) is 4. The van der Waals surface area contributed by atoms with Gasteiger partial charge in [-0.05, 0) is 19.1 Å². The average molecular weight is 237 g/mol. The summed E-state index contributed by atoms with van der Waals surface area (Å²) in [6, 6.07) is 4.19. The lowest BCUT2D eigenvalue weighted by molar-refractivity contribution is 0.763. The second-order valence-electron chi connectivity index (χ2n) is 4.36. The number of aromatic nitrogens is 1. The highest BCUT2D eigenvalue weighted by Gasteiger charge is 2.17. The van der Waals surface area contributed by atoms with E-state index < -0.39 is 0 Å². The third kappa shape index (κ3) is 2.68. The molecule has 0 amide bonds. The largest absolute Gasteiger partial charge is 0.368 e. The van der Waals surface area contributed by atoms with E-state index in [4.69, 9.17) is 5.73 Å². The van der Waals surface area contributed by atoms with Crippen molar-refractivity contribution in [3.8, 4) is 0 Å². The molecule has 1 aromatic heterocycles. The zero-order valence-electron chi connectivity index (χ0n) is 9.89. The predicted octanol–water partition coefficient (Wildman–Crippen LogP) is 2.04. The molecule has 4 heteroatoms. The molecule has 1 saturated heterocycles. The van der Waals surface area contributed by atoms with E-state index in [0.717, 1.165) is 18.8 Å². The van der Waals surface area contributed by atoms with Crippen LogP contribution in [0.15, 0.2) is 18.3 Å². The van der Waals surface area contributed by atoms with Crippen LogP contribution in [0.5, 0.6) is 0 Å². The van der Waals surface area contributed by atoms with Gasteiger partial charge >= 0.3 is 0 Å². The van der Waals surface area contributed by atoms with Crippen molar-refractivity contribution < 1.29 is 0 Å². The van der Waals surface area contributed by atoms with Crippen LogP contribution in [0.1, 0.15) is 25.6 Å². The molecule has 88 valence electrons. The second-order valence-corrected chi connectivity index (χ2v) is 5.90. The minimum atomic E-state index is 0.0184. The lowest BCUT2D eigenvalue weighted by Crippen LogP contribution is -2.36. The first-order valence-corrected chi connectivity index (χ1v) is 6.80. The SMILES string of the molecule is CC1CN(c2ccc([C@@H](C)N)nc2)CCS1. The van der Waals surface area contributed by atoms with Crippen LogP contribution < -0.4 is 10.6 Å². The summed E-state index contributed by atoms with van der Waals surface area (Å²) in [6.07, 6.45) is 1.95. The fourth-order valence-corrected chi connectivity index (χ4v) is 2.92. The molecule has 0 saturated carbocycles. The second kappa shape index (κ2) is 5.06. The van der Waals surface area contributed by atoms with Gasteiger partial charge in [0, 0.05) is 30.1 Å². The van der Waals surface area contributed by atoms with Crippen molar-refractivity contribution in [3.63, 3.8) is 0 Å². The van der Waals surface area contributed by atoms with Crippen molar-refractivity contribution in [2.24, 2.45) is 5.73 Å². The van der Waals surface area contributed by atoms with Gasteiger partial charge in [0.1, 0.15) is 0 Å². The van der Waals surface area contributed by atoms with Gasteiger partial charge in [-0.3, -0.25) is 4.98 Å². The molecule has 0 bridgehead atoms. The van der Waals surface area contributed by atoms with Crippen LogP contribution in [0.4, 0.5) is 5.69 Å². The van der Waals surface area contributed by atoms with Gasteiger partial charge in [0.15, 0.2) is 0 Å². The van der Waals surface area contributed by atoms with E-state index in [0.29, 0.717) is 5.25 Å². The molecule has 0 aromatic carbocycles. The van der Waals surface area contributed by atoms with Crippen molar-refractivity contribution in [2.75, 3.05) is 23.7 Å². The van der Waals surface area contributed by atoms with Crippen molar-refractivity contribution in [2.45, 2.75) is 25.1 Å². The summed E-state index contributed by atoms with van der Waals surface area (Å²) in [4.78, 5) is 6.81. The number of hydrogen-bond donors (Lipinski definition) is 1. The summed E-state index contributed by atoms with van der Waals surface area (Å²) in [5.74, 6) is 1.20. The van der Waals surface area contributed by atoms with Gasteiger partial charge in [-0.15, -0.1) is 0 Å². The molecule has 1 aliphatic heterocycles. The van der Waals surface area contributed by atoms with Crippen LogP contribution in [0.25, 0.3) is 0 Å². The van der Waals surface area contributed by atoms with E-state index in [2.05, 4.69) is 22.9 Å². The Morgan fingerprint density at radius 1 is 1.56 bits per heavy atom. The van der Waals surface area contributed by atoms with Crippen LogP contribution in [-0.4, -0.2) is 29.1 Å². The van der Waals surface area contributed by atoms with Gasteiger partial charge in [-0.25, -0.2) is 0 Å². The normalized spacial score (nSPS) is 23.2. The Morgan fingerprint density at radius 3 is 2.94 bits per heavy atom. The topological polar surface area (TPSA) is 42.1 Å². The van der Waals surface area contributed by atoms with Gasteiger partial charge in [0.05, 0.1) is 17.6 Å². The molecule has 1 unspecified atom stereocenters. The maximum absolute atomic E-state index is 5.78. The molecule has 1 fully saturated rings. The maximum Gasteiger partial charge on any atom is 0.0569 e. The highest BCUT2D eigenvalue weighted by atomic mass is 32.2. The first kappa shape index (κ1) is 11.7. The molecule has 2 atom stereocenters. The van der Waals surface area contributed by atoms with E-state index in [1.807, 2.05) is 30.9 Å². The molecule has 1 aliphatic rings. The molecule has 2 heterocycles. The third-order valence-electron chi connectivity index (χ3n) is 2.84. The van der Waals surface area contributed by atoms with Crippen molar-refractivity contribution in [3.05, 3.63) is 24.0 Å². The lowest BCUT2D eigenvalue weighted by atomic mass is 10.2. The van der Waals surface area contributed by atoms with E-state index >= 15 is 0 Å². The number of thioether (sulfide) groups is 1. The molecule has 16 heavy (non-hydrogen) atoms. The number of nitrogens with zero attached hydrogens (tertiary/aromatic N) is 2. The van der Waals surface area contributed by atoms with Crippen LogP contribution >= 0.6 is 11.8 Å². The lowest BCUT2D eigenvalue weighted by Gasteiger charge is -2.32. The fourth-order valence-electron chi connectivity index (χ4n) is 1.91. The predicted molar refractivity (Wildman–Crippen MR) is 71.0 cm³/mol. The van der Waals surface area contributed by atoms with Crippen LogP contribution in [0.2, 0.25) is 0 Å². The van der Waals surface area contributed by atoms with Gasteiger partial charge < -0.3 is 10.6 Å². The van der Waals surface area contributed by atoms with Gasteiger partial charge in [0.2, 0.25) is 0 Å². The highest BCUT2D eigenvalue weighted by molar-refractivity contribution is 8.00. The molecule has 3 nitrogen and oxygen atoms in total. The Hall–Kier alpha value is -0.740. The summed E-state index contributed by atoms with van der Waals surface area (Å²) in [5, 5.41) is 0.710. The van der Waals surface area contributed by atoms with Gasteiger partial charge in [-0.1, -0.05) is 6.92 Å². The monoisotopic (exact) mass is 237 g/mol. The van der Waals surface area contributed by atoms with E-state index in [1.165, 1.54) is 11.4 Å². The van der Waals surface area contributed by atoms with Crippen molar-refractivity contribution in [1.29, 1.82) is 0 Å². The maximum atomic E-state index is 5.78. The first-order valence-electron chi connectivity index (χ1n) is 5.75. The average Bonchev–Trinajstić information content (AvgIpc) is 2.29. The molecule has 2 rings (SSSR count). The third-order valence-corrected chi connectivity index (χ3v) is 3.98. The van der Waals surface area contributed by atoms with E-state index in [9.17, 15) is 0 Å². The Kier molecular flexibility index (Phi) is 3.71. The number of nitrogens with two attached hydrogens (primary N) is 1. The number of rotatable bonds is 2. The standard InChI is InChI=1S/C12H19N3S/c1-9-8-15(5-6-16-9)11-3-4-12(10(2)13)14-7-11/h3-4,7,9-10H,5-6,8,13H2,1-2H3/t9?,10-/m1/s1. The van der Waals surface area contributed by atoms with E-state index in [-0.39, 0.29) is 6.04 Å². The molecule has 0 aliphatic carbocycles. The molecule has 0 spiro atoms. The smallest absolute Gasteiger partial charge is 0.0569 e. The van der Waals surface area contributed by atoms with Crippen LogP contribution in [0.3, 0.4) is 0 Å². The quantitative estimate of drug-likeness (QED) is 0.855. The molecular formula is C12H19N3S. The number of pyridine rings is 1. The Balaban J connectivity index is 2.09. The van der Waals surface area contributed by atoms with Gasteiger partial charge in [-0.2, -0.15) is 11.8 Å². The van der Waals surface area contributed by atoms with Gasteiger partial charge in [0.25, 0.3) is 0 Å². The van der Waals surface area contributed by atoms with E-state index in [1.54, 1.807) is 0 Å². The molecular weight excluding hydrogens is 218 g/mol. The molecule has 2 N–H and O–H groups in total. The fraction of sp³-hybridized carbons (Fsp3) is 0.583. The summed E-state index contributed by atoms with van der Waals surface area (Å²) in [7, 11) is 0. The highest BCUT2D eigenvalue weighted by Crippen LogP contribution is 2.23. The first-order chi connectivity index (χ1) is 7.66. The summed E-state index contributed by atoms with van der Waals surface area (Å²) < 4.78 is 0. The molecule has 1 aromatic rings.